The van der Waals surface area contributed by atoms with Crippen LogP contribution in [0.5, 0.6) is 11.6 Å². The van der Waals surface area contributed by atoms with Gasteiger partial charge in [-0.3, -0.25) is 0 Å². The highest BCUT2D eigenvalue weighted by molar-refractivity contribution is 5.83. The first kappa shape index (κ1) is 21.8. The van der Waals surface area contributed by atoms with Crippen molar-refractivity contribution in [3.05, 3.63) is 66.2 Å². The SMILES string of the molecule is COC(=O)NC1(c2ccc(-c3nc4c(OC)cc(OC)nn4c3-c3ccccc3)cc2)CCC1. The summed E-state index contributed by atoms with van der Waals surface area (Å²) in [5, 5.41) is 7.66. The van der Waals surface area contributed by atoms with Gasteiger partial charge in [0.15, 0.2) is 11.4 Å². The molecular formula is C26H26N4O4. The van der Waals surface area contributed by atoms with Crippen molar-refractivity contribution in [2.45, 2.75) is 24.8 Å². The van der Waals surface area contributed by atoms with Gasteiger partial charge in [0.1, 0.15) is 5.69 Å². The maximum absolute atomic E-state index is 11.9. The zero-order chi connectivity index (χ0) is 23.7. The van der Waals surface area contributed by atoms with Crippen LogP contribution in [-0.4, -0.2) is 42.0 Å². The number of rotatable bonds is 6. The maximum Gasteiger partial charge on any atom is 0.407 e. The van der Waals surface area contributed by atoms with E-state index in [4.69, 9.17) is 19.2 Å². The minimum atomic E-state index is -0.414. The average molecular weight is 459 g/mol. The van der Waals surface area contributed by atoms with Crippen molar-refractivity contribution in [2.75, 3.05) is 21.3 Å². The van der Waals surface area contributed by atoms with Crippen LogP contribution >= 0.6 is 0 Å². The fourth-order valence-electron chi connectivity index (χ4n) is 4.49. The normalized spacial score (nSPS) is 14.3. The molecule has 4 aromatic rings. The van der Waals surface area contributed by atoms with Crippen LogP contribution < -0.4 is 14.8 Å². The smallest absolute Gasteiger partial charge is 0.407 e. The molecule has 1 fully saturated rings. The monoisotopic (exact) mass is 458 g/mol. The molecule has 8 heteroatoms. The largest absolute Gasteiger partial charge is 0.493 e. The van der Waals surface area contributed by atoms with Crippen LogP contribution in [0.3, 0.4) is 0 Å². The van der Waals surface area contributed by atoms with Gasteiger partial charge in [-0.25, -0.2) is 14.3 Å². The molecule has 34 heavy (non-hydrogen) atoms. The lowest BCUT2D eigenvalue weighted by Crippen LogP contribution is -2.50. The standard InChI is InChI=1S/C26H26N4O4/c1-32-20-16-21(33-2)29-30-23(18-8-5-4-6-9-18)22(27-24(20)30)17-10-12-19(13-11-17)26(14-7-15-26)28-25(31)34-3/h4-6,8-13,16H,7,14-15H2,1-3H3,(H,28,31). The molecule has 2 aromatic heterocycles. The molecule has 1 saturated carbocycles. The van der Waals surface area contributed by atoms with E-state index in [-0.39, 0.29) is 5.54 Å². The maximum atomic E-state index is 11.9. The third kappa shape index (κ3) is 3.61. The van der Waals surface area contributed by atoms with Crippen molar-refractivity contribution in [3.63, 3.8) is 0 Å². The lowest BCUT2D eigenvalue weighted by molar-refractivity contribution is 0.128. The molecule has 0 atom stereocenters. The number of ether oxygens (including phenoxy) is 3. The molecule has 0 bridgehead atoms. The number of imidazole rings is 1. The first-order chi connectivity index (χ1) is 16.6. The molecule has 0 saturated heterocycles. The Labute approximate surface area is 197 Å². The molecule has 0 aliphatic heterocycles. The van der Waals surface area contributed by atoms with Crippen molar-refractivity contribution in [3.8, 4) is 34.1 Å². The van der Waals surface area contributed by atoms with Crippen molar-refractivity contribution in [1.29, 1.82) is 0 Å². The van der Waals surface area contributed by atoms with Crippen LogP contribution in [0, 0.1) is 0 Å². The fraction of sp³-hybridized carbons (Fsp3) is 0.269. The van der Waals surface area contributed by atoms with Gasteiger partial charge in [0, 0.05) is 17.2 Å². The topological polar surface area (TPSA) is 87.0 Å². The quantitative estimate of drug-likeness (QED) is 0.446. The molecule has 1 N–H and O–H groups in total. The highest BCUT2D eigenvalue weighted by Gasteiger charge is 2.40. The number of methoxy groups -OCH3 is 3. The molecule has 8 nitrogen and oxygen atoms in total. The van der Waals surface area contributed by atoms with Gasteiger partial charge in [-0.15, -0.1) is 5.10 Å². The van der Waals surface area contributed by atoms with Gasteiger partial charge in [0.2, 0.25) is 5.88 Å². The van der Waals surface area contributed by atoms with Gasteiger partial charge in [0.05, 0.1) is 32.6 Å². The van der Waals surface area contributed by atoms with E-state index in [0.29, 0.717) is 17.3 Å². The van der Waals surface area contributed by atoms with E-state index in [1.165, 1.54) is 7.11 Å². The predicted octanol–water partition coefficient (Wildman–Crippen LogP) is 4.82. The Bertz CT molecular complexity index is 1330. The molecular weight excluding hydrogens is 432 g/mol. The van der Waals surface area contributed by atoms with Crippen LogP contribution in [0.1, 0.15) is 24.8 Å². The van der Waals surface area contributed by atoms with E-state index < -0.39 is 6.09 Å². The summed E-state index contributed by atoms with van der Waals surface area (Å²) >= 11 is 0. The first-order valence-electron chi connectivity index (χ1n) is 11.1. The highest BCUT2D eigenvalue weighted by Crippen LogP contribution is 2.42. The van der Waals surface area contributed by atoms with E-state index in [1.54, 1.807) is 24.8 Å². The summed E-state index contributed by atoms with van der Waals surface area (Å²) in [6, 6.07) is 19.9. The summed E-state index contributed by atoms with van der Waals surface area (Å²) in [4.78, 5) is 16.8. The van der Waals surface area contributed by atoms with Gasteiger partial charge in [-0.1, -0.05) is 54.6 Å². The Hall–Kier alpha value is -4.07. The summed E-state index contributed by atoms with van der Waals surface area (Å²) in [6.07, 6.45) is 2.41. The summed E-state index contributed by atoms with van der Waals surface area (Å²) in [5.41, 5.74) is 4.79. The molecule has 2 heterocycles. The van der Waals surface area contributed by atoms with Gasteiger partial charge in [-0.05, 0) is 24.8 Å². The van der Waals surface area contributed by atoms with Gasteiger partial charge < -0.3 is 19.5 Å². The molecule has 174 valence electrons. The molecule has 1 amide bonds. The van der Waals surface area contributed by atoms with E-state index in [9.17, 15) is 4.79 Å². The van der Waals surface area contributed by atoms with Crippen LogP contribution in [0.4, 0.5) is 4.79 Å². The Morgan fingerprint density at radius 2 is 1.71 bits per heavy atom. The Kier molecular flexibility index (Phi) is 5.57. The van der Waals surface area contributed by atoms with Gasteiger partial charge in [0.25, 0.3) is 0 Å². The van der Waals surface area contributed by atoms with Crippen LogP contribution in [-0.2, 0) is 10.3 Å². The van der Waals surface area contributed by atoms with Crippen molar-refractivity contribution in [2.24, 2.45) is 0 Å². The summed E-state index contributed by atoms with van der Waals surface area (Å²) in [5.74, 6) is 1.00. The van der Waals surface area contributed by atoms with Crippen LogP contribution in [0.2, 0.25) is 0 Å². The number of fused-ring (bicyclic) bond motifs is 1. The summed E-state index contributed by atoms with van der Waals surface area (Å²) in [6.45, 7) is 0. The number of amides is 1. The number of carbonyl (C=O) groups is 1. The van der Waals surface area contributed by atoms with Gasteiger partial charge >= 0.3 is 6.09 Å². The third-order valence-electron chi connectivity index (χ3n) is 6.45. The Morgan fingerprint density at radius 3 is 2.29 bits per heavy atom. The zero-order valence-corrected chi connectivity index (χ0v) is 19.4. The Balaban J connectivity index is 1.64. The van der Waals surface area contributed by atoms with E-state index >= 15 is 0 Å². The molecule has 0 unspecified atom stereocenters. The van der Waals surface area contributed by atoms with E-state index in [1.807, 2.05) is 42.5 Å². The van der Waals surface area contributed by atoms with Crippen LogP contribution in [0.25, 0.3) is 28.2 Å². The lowest BCUT2D eigenvalue weighted by Gasteiger charge is -2.42. The summed E-state index contributed by atoms with van der Waals surface area (Å²) in [7, 11) is 4.56. The zero-order valence-electron chi connectivity index (χ0n) is 19.4. The summed E-state index contributed by atoms with van der Waals surface area (Å²) < 4.78 is 17.6. The van der Waals surface area contributed by atoms with E-state index in [0.717, 1.165) is 47.3 Å². The Morgan fingerprint density at radius 1 is 0.971 bits per heavy atom. The molecule has 1 aliphatic carbocycles. The third-order valence-corrected chi connectivity index (χ3v) is 6.45. The predicted molar refractivity (Wildman–Crippen MR) is 128 cm³/mol. The average Bonchev–Trinajstić information content (AvgIpc) is 3.25. The number of hydrogen-bond acceptors (Lipinski definition) is 6. The van der Waals surface area contributed by atoms with E-state index in [2.05, 4.69) is 22.5 Å². The second-order valence-electron chi connectivity index (χ2n) is 8.30. The van der Waals surface area contributed by atoms with Crippen molar-refractivity contribution >= 4 is 11.7 Å². The molecule has 0 spiro atoms. The number of aromatic nitrogens is 3. The lowest BCUT2D eigenvalue weighted by atomic mass is 9.71. The molecule has 0 radical (unpaired) electrons. The van der Waals surface area contributed by atoms with Crippen LogP contribution in [0.15, 0.2) is 60.7 Å². The highest BCUT2D eigenvalue weighted by atomic mass is 16.5. The number of nitrogens with one attached hydrogen (secondary N) is 1. The number of carbonyl (C=O) groups excluding carboxylic acids is 1. The number of nitrogens with zero attached hydrogens (tertiary/aromatic N) is 3. The molecule has 1 aliphatic rings. The fourth-order valence-corrected chi connectivity index (χ4v) is 4.49. The van der Waals surface area contributed by atoms with Crippen molar-refractivity contribution < 1.29 is 19.0 Å². The van der Waals surface area contributed by atoms with Crippen molar-refractivity contribution in [1.82, 2.24) is 19.9 Å². The number of hydrogen-bond donors (Lipinski definition) is 1. The molecule has 5 rings (SSSR count). The second-order valence-corrected chi connectivity index (χ2v) is 8.30. The number of benzene rings is 2. The number of alkyl carbamates (subject to hydrolysis) is 1. The first-order valence-corrected chi connectivity index (χ1v) is 11.1. The second kappa shape index (κ2) is 8.70. The van der Waals surface area contributed by atoms with Gasteiger partial charge in [-0.2, -0.15) is 0 Å². The minimum absolute atomic E-state index is 0.384. The minimum Gasteiger partial charge on any atom is -0.493 e. The molecule has 2 aromatic carbocycles.